The third kappa shape index (κ3) is 3.72. The summed E-state index contributed by atoms with van der Waals surface area (Å²) in [7, 11) is 0. The Bertz CT molecular complexity index is 1070. The molecule has 1 atom stereocenters. The number of aliphatic carboxylic acids is 1. The van der Waals surface area contributed by atoms with Crippen LogP contribution in [0.3, 0.4) is 0 Å². The number of hydrogen-bond donors (Lipinski definition) is 2. The molecule has 5 amide bonds. The fourth-order valence-electron chi connectivity index (χ4n) is 4.18. The summed E-state index contributed by atoms with van der Waals surface area (Å²) < 4.78 is 0. The van der Waals surface area contributed by atoms with Crippen LogP contribution in [0.4, 0.5) is 5.69 Å². The van der Waals surface area contributed by atoms with Gasteiger partial charge in [0.25, 0.3) is 11.8 Å². The minimum Gasteiger partial charge on any atom is -0.478 e. The van der Waals surface area contributed by atoms with Gasteiger partial charge in [0.15, 0.2) is 0 Å². The van der Waals surface area contributed by atoms with E-state index in [9.17, 15) is 28.8 Å². The minimum absolute atomic E-state index is 0.0446. The van der Waals surface area contributed by atoms with Crippen LogP contribution in [-0.2, 0) is 19.2 Å². The number of fused-ring (bicyclic) bond motifs is 1. The van der Waals surface area contributed by atoms with Crippen LogP contribution in [0, 0.1) is 0 Å². The maximum absolute atomic E-state index is 13.2. The number of carbonyl (C=O) groups excluding carboxylic acids is 5. The molecule has 4 rings (SSSR count). The molecule has 166 valence electrons. The number of piperazine rings is 1. The smallest absolute Gasteiger partial charge is 0.328 e. The van der Waals surface area contributed by atoms with Crippen molar-refractivity contribution < 1.29 is 33.9 Å². The van der Waals surface area contributed by atoms with Crippen molar-refractivity contribution in [1.82, 2.24) is 15.1 Å². The Labute approximate surface area is 182 Å². The van der Waals surface area contributed by atoms with Gasteiger partial charge in [-0.1, -0.05) is 6.07 Å². The van der Waals surface area contributed by atoms with Gasteiger partial charge in [-0.2, -0.15) is 0 Å². The van der Waals surface area contributed by atoms with Gasteiger partial charge in [0.05, 0.1) is 16.8 Å². The molecule has 3 aliphatic rings. The van der Waals surface area contributed by atoms with Crippen LogP contribution in [0.5, 0.6) is 0 Å². The summed E-state index contributed by atoms with van der Waals surface area (Å²) in [6.07, 6.45) is 1.91. The number of carbonyl (C=O) groups is 6. The average molecular weight is 440 g/mol. The number of nitrogens with one attached hydrogen (secondary N) is 1. The van der Waals surface area contributed by atoms with E-state index in [0.29, 0.717) is 31.9 Å². The second-order valence-electron chi connectivity index (χ2n) is 7.63. The Morgan fingerprint density at radius 1 is 1.00 bits per heavy atom. The average Bonchev–Trinajstić information content (AvgIpc) is 3.03. The summed E-state index contributed by atoms with van der Waals surface area (Å²) >= 11 is 0. The number of benzene rings is 1. The number of imide groups is 2. The molecule has 0 aliphatic carbocycles. The molecular formula is C21H20N4O7. The molecule has 2 N–H and O–H groups in total. The molecule has 11 heteroatoms. The number of amides is 5. The van der Waals surface area contributed by atoms with E-state index in [1.54, 1.807) is 12.1 Å². The molecule has 3 aliphatic heterocycles. The number of carboxylic acid groups (broad SMARTS) is 1. The number of nitrogens with zero attached hydrogens (tertiary/aromatic N) is 3. The predicted octanol–water partition coefficient (Wildman–Crippen LogP) is -0.623. The molecule has 0 bridgehead atoms. The van der Waals surface area contributed by atoms with Crippen molar-refractivity contribution >= 4 is 41.2 Å². The highest BCUT2D eigenvalue weighted by Crippen LogP contribution is 2.34. The molecule has 2 saturated heterocycles. The lowest BCUT2D eigenvalue weighted by Gasteiger charge is -2.36. The molecule has 0 aromatic heterocycles. The highest BCUT2D eigenvalue weighted by molar-refractivity contribution is 6.25. The highest BCUT2D eigenvalue weighted by atomic mass is 16.4. The first kappa shape index (κ1) is 21.2. The third-order valence-corrected chi connectivity index (χ3v) is 5.75. The van der Waals surface area contributed by atoms with Gasteiger partial charge in [0, 0.05) is 44.8 Å². The maximum atomic E-state index is 13.2. The zero-order valence-electron chi connectivity index (χ0n) is 16.9. The standard InChI is InChI=1S/C21H20N4O7/c26-15-5-4-14(19(30)22-15)25-20(31)12-2-1-3-13(18(12)21(25)32)23-8-10-24(11-9-23)16(27)6-7-17(28)29/h1-3,6-7,14H,4-5,8-11H2,(H,28,29)(H,22,26,30)/b7-6+. The Kier molecular flexibility index (Phi) is 5.47. The van der Waals surface area contributed by atoms with Crippen LogP contribution in [-0.4, -0.2) is 82.6 Å². The highest BCUT2D eigenvalue weighted by Gasteiger charge is 2.46. The van der Waals surface area contributed by atoms with Crippen molar-refractivity contribution in [1.29, 1.82) is 0 Å². The fraction of sp³-hybridized carbons (Fsp3) is 0.333. The van der Waals surface area contributed by atoms with Crippen molar-refractivity contribution in [3.63, 3.8) is 0 Å². The van der Waals surface area contributed by atoms with Gasteiger partial charge in [-0.3, -0.25) is 34.2 Å². The molecule has 0 spiro atoms. The molecule has 0 saturated carbocycles. The van der Waals surface area contributed by atoms with Crippen LogP contribution >= 0.6 is 0 Å². The lowest BCUT2D eigenvalue weighted by molar-refractivity contribution is -0.136. The van der Waals surface area contributed by atoms with E-state index in [-0.39, 0.29) is 24.0 Å². The summed E-state index contributed by atoms with van der Waals surface area (Å²) in [5, 5.41) is 10.8. The Morgan fingerprint density at radius 3 is 2.38 bits per heavy atom. The van der Waals surface area contributed by atoms with Crippen LogP contribution < -0.4 is 10.2 Å². The maximum Gasteiger partial charge on any atom is 0.328 e. The largest absolute Gasteiger partial charge is 0.478 e. The Balaban J connectivity index is 1.53. The van der Waals surface area contributed by atoms with Crippen LogP contribution in [0.25, 0.3) is 0 Å². The van der Waals surface area contributed by atoms with Crippen molar-refractivity contribution in [3.8, 4) is 0 Å². The summed E-state index contributed by atoms with van der Waals surface area (Å²) in [5.41, 5.74) is 0.927. The normalized spacial score (nSPS) is 21.2. The first-order valence-electron chi connectivity index (χ1n) is 10.1. The van der Waals surface area contributed by atoms with Crippen molar-refractivity contribution in [2.45, 2.75) is 18.9 Å². The summed E-state index contributed by atoms with van der Waals surface area (Å²) in [4.78, 5) is 76.8. The molecule has 1 aromatic carbocycles. The first-order chi connectivity index (χ1) is 15.3. The van der Waals surface area contributed by atoms with Crippen molar-refractivity contribution in [2.24, 2.45) is 0 Å². The van der Waals surface area contributed by atoms with E-state index < -0.39 is 41.5 Å². The van der Waals surface area contributed by atoms with E-state index in [2.05, 4.69) is 5.32 Å². The number of piperidine rings is 1. The number of hydrogen-bond acceptors (Lipinski definition) is 7. The van der Waals surface area contributed by atoms with Gasteiger partial charge in [-0.25, -0.2) is 4.79 Å². The topological polar surface area (TPSA) is 144 Å². The summed E-state index contributed by atoms with van der Waals surface area (Å²) in [6, 6.07) is 3.85. The van der Waals surface area contributed by atoms with Crippen molar-refractivity contribution in [3.05, 3.63) is 41.5 Å². The Hall–Kier alpha value is -4.02. The molecule has 11 nitrogen and oxygen atoms in total. The van der Waals surface area contributed by atoms with Gasteiger partial charge >= 0.3 is 5.97 Å². The molecule has 1 unspecified atom stereocenters. The molecular weight excluding hydrogens is 420 g/mol. The van der Waals surface area contributed by atoms with Crippen LogP contribution in [0.1, 0.15) is 33.6 Å². The summed E-state index contributed by atoms with van der Waals surface area (Å²) in [5.74, 6) is -3.89. The second-order valence-corrected chi connectivity index (χ2v) is 7.63. The monoisotopic (exact) mass is 440 g/mol. The van der Waals surface area contributed by atoms with E-state index >= 15 is 0 Å². The van der Waals surface area contributed by atoms with Crippen molar-refractivity contribution in [2.75, 3.05) is 31.1 Å². The lowest BCUT2D eigenvalue weighted by atomic mass is 10.0. The quantitative estimate of drug-likeness (QED) is 0.465. The van der Waals surface area contributed by atoms with E-state index in [1.807, 2.05) is 4.90 Å². The van der Waals surface area contributed by atoms with Gasteiger partial charge in [0.2, 0.25) is 17.7 Å². The minimum atomic E-state index is -1.21. The van der Waals surface area contributed by atoms with Crippen LogP contribution in [0.15, 0.2) is 30.4 Å². The molecule has 32 heavy (non-hydrogen) atoms. The van der Waals surface area contributed by atoms with E-state index in [4.69, 9.17) is 5.11 Å². The van der Waals surface area contributed by atoms with Gasteiger partial charge < -0.3 is 14.9 Å². The molecule has 0 radical (unpaired) electrons. The number of carboxylic acids is 1. The van der Waals surface area contributed by atoms with Gasteiger partial charge in [0.1, 0.15) is 6.04 Å². The lowest BCUT2D eigenvalue weighted by Crippen LogP contribution is -2.54. The Morgan fingerprint density at radius 2 is 1.72 bits per heavy atom. The van der Waals surface area contributed by atoms with Crippen LogP contribution in [0.2, 0.25) is 0 Å². The third-order valence-electron chi connectivity index (χ3n) is 5.75. The number of anilines is 1. The van der Waals surface area contributed by atoms with Gasteiger partial charge in [-0.05, 0) is 18.6 Å². The molecule has 1 aromatic rings. The van der Waals surface area contributed by atoms with Gasteiger partial charge in [-0.15, -0.1) is 0 Å². The SMILES string of the molecule is O=C(O)/C=C/C(=O)N1CCN(c2cccc3c2C(=O)N(C2CCC(=O)NC2=O)C3=O)CC1. The number of rotatable bonds is 4. The zero-order valence-corrected chi connectivity index (χ0v) is 16.9. The summed E-state index contributed by atoms with van der Waals surface area (Å²) in [6.45, 7) is 1.38. The molecule has 2 fully saturated rings. The first-order valence-corrected chi connectivity index (χ1v) is 10.1. The second kappa shape index (κ2) is 8.25. The predicted molar refractivity (Wildman–Crippen MR) is 109 cm³/mol. The van der Waals surface area contributed by atoms with E-state index in [1.165, 1.54) is 11.0 Å². The fourth-order valence-corrected chi connectivity index (χ4v) is 4.18. The molecule has 3 heterocycles. The zero-order chi connectivity index (χ0) is 23.0. The van der Waals surface area contributed by atoms with E-state index in [0.717, 1.165) is 17.1 Å².